The van der Waals surface area contributed by atoms with E-state index in [0.717, 1.165) is 11.3 Å². The van der Waals surface area contributed by atoms with Crippen molar-refractivity contribution >= 4 is 34.8 Å². The summed E-state index contributed by atoms with van der Waals surface area (Å²) in [6, 6.07) is 12.6. The molecule has 0 fully saturated rings. The number of hydrogen-bond acceptors (Lipinski definition) is 3. The Morgan fingerprint density at radius 2 is 1.95 bits per heavy atom. The summed E-state index contributed by atoms with van der Waals surface area (Å²) >= 11 is 11.8. The zero-order valence-electron chi connectivity index (χ0n) is 12.0. The highest BCUT2D eigenvalue weighted by Crippen LogP contribution is 2.25. The van der Waals surface area contributed by atoms with Crippen molar-refractivity contribution < 1.29 is 9.53 Å². The largest absolute Gasteiger partial charge is 0.496 e. The van der Waals surface area contributed by atoms with Crippen LogP contribution in [0.4, 0.5) is 5.69 Å². The lowest BCUT2D eigenvalue weighted by atomic mass is 10.2. The first-order valence-corrected chi connectivity index (χ1v) is 7.43. The first kappa shape index (κ1) is 16.6. The molecule has 2 N–H and O–H groups in total. The van der Waals surface area contributed by atoms with E-state index in [2.05, 4.69) is 10.6 Å². The molecule has 0 saturated heterocycles. The maximum atomic E-state index is 11.9. The minimum Gasteiger partial charge on any atom is -0.496 e. The fourth-order valence-corrected chi connectivity index (χ4v) is 2.40. The van der Waals surface area contributed by atoms with Crippen LogP contribution in [0.5, 0.6) is 5.75 Å². The van der Waals surface area contributed by atoms with Crippen molar-refractivity contribution in [2.45, 2.75) is 6.54 Å². The van der Waals surface area contributed by atoms with Crippen molar-refractivity contribution in [2.24, 2.45) is 0 Å². The van der Waals surface area contributed by atoms with Crippen LogP contribution in [0.15, 0.2) is 42.5 Å². The molecule has 0 radical (unpaired) electrons. The molecular formula is C16H16Cl2N2O2. The van der Waals surface area contributed by atoms with Gasteiger partial charge in [-0.15, -0.1) is 0 Å². The van der Waals surface area contributed by atoms with Gasteiger partial charge in [-0.05, 0) is 24.3 Å². The predicted octanol–water partition coefficient (Wildman–Crippen LogP) is 3.73. The molecule has 2 aromatic carbocycles. The second-order valence-electron chi connectivity index (χ2n) is 4.59. The number of carbonyl (C=O) groups excluding carboxylic acids is 1. The fourth-order valence-electron chi connectivity index (χ4n) is 1.94. The molecule has 2 aromatic rings. The lowest BCUT2D eigenvalue weighted by Gasteiger charge is -2.10. The summed E-state index contributed by atoms with van der Waals surface area (Å²) in [6.07, 6.45) is 0. The summed E-state index contributed by atoms with van der Waals surface area (Å²) in [5, 5.41) is 6.73. The molecule has 0 aliphatic rings. The molecule has 0 aliphatic heterocycles. The number of amides is 1. The molecule has 0 spiro atoms. The van der Waals surface area contributed by atoms with Crippen LogP contribution in [-0.4, -0.2) is 19.6 Å². The predicted molar refractivity (Wildman–Crippen MR) is 89.8 cm³/mol. The SMILES string of the molecule is COc1ccccc1CNCC(=O)Nc1ccc(Cl)cc1Cl. The number of methoxy groups -OCH3 is 1. The molecule has 0 heterocycles. The van der Waals surface area contributed by atoms with Gasteiger partial charge in [-0.25, -0.2) is 0 Å². The van der Waals surface area contributed by atoms with Gasteiger partial charge in [0.25, 0.3) is 0 Å². The van der Waals surface area contributed by atoms with Crippen LogP contribution in [0.1, 0.15) is 5.56 Å². The molecule has 4 nitrogen and oxygen atoms in total. The molecule has 116 valence electrons. The van der Waals surface area contributed by atoms with Gasteiger partial charge >= 0.3 is 0 Å². The van der Waals surface area contributed by atoms with Gasteiger partial charge in [-0.2, -0.15) is 0 Å². The first-order valence-electron chi connectivity index (χ1n) is 6.67. The lowest BCUT2D eigenvalue weighted by Crippen LogP contribution is -2.27. The Balaban J connectivity index is 1.85. The number of nitrogens with one attached hydrogen (secondary N) is 2. The van der Waals surface area contributed by atoms with Crippen molar-refractivity contribution in [1.29, 1.82) is 0 Å². The zero-order chi connectivity index (χ0) is 15.9. The number of ether oxygens (including phenoxy) is 1. The molecule has 0 saturated carbocycles. The van der Waals surface area contributed by atoms with Gasteiger partial charge in [0.15, 0.2) is 0 Å². The summed E-state index contributed by atoms with van der Waals surface area (Å²) < 4.78 is 5.25. The Labute approximate surface area is 139 Å². The summed E-state index contributed by atoms with van der Waals surface area (Å²) in [5.41, 5.74) is 1.53. The topological polar surface area (TPSA) is 50.4 Å². The van der Waals surface area contributed by atoms with Crippen LogP contribution in [0.2, 0.25) is 10.0 Å². The molecule has 2 rings (SSSR count). The summed E-state index contributed by atoms with van der Waals surface area (Å²) in [4.78, 5) is 11.9. The molecule has 0 bridgehead atoms. The van der Waals surface area contributed by atoms with Crippen LogP contribution < -0.4 is 15.4 Å². The van der Waals surface area contributed by atoms with Crippen LogP contribution >= 0.6 is 23.2 Å². The summed E-state index contributed by atoms with van der Waals surface area (Å²) in [5.74, 6) is 0.607. The Morgan fingerprint density at radius 3 is 2.68 bits per heavy atom. The third kappa shape index (κ3) is 4.63. The van der Waals surface area contributed by atoms with Crippen LogP contribution in [0.25, 0.3) is 0 Å². The maximum absolute atomic E-state index is 11.9. The van der Waals surface area contributed by atoms with Crippen molar-refractivity contribution in [3.8, 4) is 5.75 Å². The average Bonchev–Trinajstić information content (AvgIpc) is 2.50. The summed E-state index contributed by atoms with van der Waals surface area (Å²) in [7, 11) is 1.62. The van der Waals surface area contributed by atoms with Gasteiger partial charge in [0.05, 0.1) is 24.4 Å². The van der Waals surface area contributed by atoms with Crippen molar-refractivity contribution in [2.75, 3.05) is 19.0 Å². The van der Waals surface area contributed by atoms with E-state index in [9.17, 15) is 4.79 Å². The smallest absolute Gasteiger partial charge is 0.238 e. The van der Waals surface area contributed by atoms with Crippen molar-refractivity contribution in [1.82, 2.24) is 5.32 Å². The third-order valence-corrected chi connectivity index (χ3v) is 3.55. The van der Waals surface area contributed by atoms with E-state index in [1.807, 2.05) is 24.3 Å². The Hall–Kier alpha value is -1.75. The monoisotopic (exact) mass is 338 g/mol. The van der Waals surface area contributed by atoms with Gasteiger partial charge in [0, 0.05) is 17.1 Å². The Morgan fingerprint density at radius 1 is 1.18 bits per heavy atom. The van der Waals surface area contributed by atoms with Gasteiger partial charge in [-0.3, -0.25) is 4.79 Å². The molecule has 0 aliphatic carbocycles. The van der Waals surface area contributed by atoms with Crippen molar-refractivity contribution in [3.63, 3.8) is 0 Å². The highest BCUT2D eigenvalue weighted by atomic mass is 35.5. The standard InChI is InChI=1S/C16H16Cl2N2O2/c1-22-15-5-3-2-4-11(15)9-19-10-16(21)20-14-7-6-12(17)8-13(14)18/h2-8,19H,9-10H2,1H3,(H,20,21). The number of anilines is 1. The van der Waals surface area contributed by atoms with E-state index in [1.165, 1.54) is 0 Å². The maximum Gasteiger partial charge on any atom is 0.238 e. The van der Waals surface area contributed by atoms with E-state index in [4.69, 9.17) is 27.9 Å². The Bertz CT molecular complexity index is 662. The fraction of sp³-hybridized carbons (Fsp3) is 0.188. The van der Waals surface area contributed by atoms with Crippen LogP contribution in [-0.2, 0) is 11.3 Å². The molecule has 22 heavy (non-hydrogen) atoms. The normalized spacial score (nSPS) is 10.3. The van der Waals surface area contributed by atoms with E-state index >= 15 is 0 Å². The first-order chi connectivity index (χ1) is 10.6. The minimum absolute atomic E-state index is 0.164. The molecule has 0 atom stereocenters. The number of para-hydroxylation sites is 1. The summed E-state index contributed by atoms with van der Waals surface area (Å²) in [6.45, 7) is 0.697. The van der Waals surface area contributed by atoms with Crippen LogP contribution in [0.3, 0.4) is 0 Å². The number of carbonyl (C=O) groups is 1. The molecule has 0 aromatic heterocycles. The average molecular weight is 339 g/mol. The van der Waals surface area contributed by atoms with Gasteiger partial charge in [0.1, 0.15) is 5.75 Å². The van der Waals surface area contributed by atoms with E-state index < -0.39 is 0 Å². The zero-order valence-corrected chi connectivity index (χ0v) is 13.5. The molecule has 1 amide bonds. The second-order valence-corrected chi connectivity index (χ2v) is 5.43. The molecular weight excluding hydrogens is 323 g/mol. The quantitative estimate of drug-likeness (QED) is 0.843. The Kier molecular flexibility index (Phi) is 6.07. The lowest BCUT2D eigenvalue weighted by molar-refractivity contribution is -0.115. The van der Waals surface area contributed by atoms with Crippen molar-refractivity contribution in [3.05, 3.63) is 58.1 Å². The van der Waals surface area contributed by atoms with E-state index in [1.54, 1.807) is 25.3 Å². The number of rotatable bonds is 6. The van der Waals surface area contributed by atoms with Gasteiger partial charge in [-0.1, -0.05) is 41.4 Å². The third-order valence-electron chi connectivity index (χ3n) is 3.00. The van der Waals surface area contributed by atoms with E-state index in [-0.39, 0.29) is 12.5 Å². The number of hydrogen-bond donors (Lipinski definition) is 2. The van der Waals surface area contributed by atoms with E-state index in [0.29, 0.717) is 22.3 Å². The highest BCUT2D eigenvalue weighted by molar-refractivity contribution is 6.36. The molecule has 0 unspecified atom stereocenters. The number of halogens is 2. The minimum atomic E-state index is -0.181. The van der Waals surface area contributed by atoms with Gasteiger partial charge < -0.3 is 15.4 Å². The van der Waals surface area contributed by atoms with Gasteiger partial charge in [0.2, 0.25) is 5.91 Å². The number of benzene rings is 2. The highest BCUT2D eigenvalue weighted by Gasteiger charge is 2.07. The molecule has 6 heteroatoms. The second kappa shape index (κ2) is 8.03. The van der Waals surface area contributed by atoms with Crippen LogP contribution in [0, 0.1) is 0 Å².